The van der Waals surface area contributed by atoms with Crippen LogP contribution in [0.15, 0.2) is 36.5 Å². The largest absolute Gasteiger partial charge is 0.475 e. The number of benzene rings is 1. The Morgan fingerprint density at radius 1 is 1.29 bits per heavy atom. The van der Waals surface area contributed by atoms with E-state index >= 15 is 0 Å². The number of aromatic carboxylic acids is 1. The molecule has 21 heavy (non-hydrogen) atoms. The van der Waals surface area contributed by atoms with Crippen LogP contribution in [0.1, 0.15) is 35.1 Å². The highest BCUT2D eigenvalue weighted by atomic mass is 17.2. The van der Waals surface area contributed by atoms with Gasteiger partial charge in [0.15, 0.2) is 0 Å². The predicted octanol–water partition coefficient (Wildman–Crippen LogP) is 2.62. The summed E-state index contributed by atoms with van der Waals surface area (Å²) in [5.41, 5.74) is 2.33. The van der Waals surface area contributed by atoms with E-state index in [1.54, 1.807) is 6.07 Å². The van der Waals surface area contributed by atoms with Gasteiger partial charge in [-0.05, 0) is 24.5 Å². The lowest BCUT2D eigenvalue weighted by Crippen LogP contribution is -2.14. The van der Waals surface area contributed by atoms with E-state index in [1.165, 1.54) is 6.20 Å². The van der Waals surface area contributed by atoms with Crippen LogP contribution < -0.4 is 0 Å². The summed E-state index contributed by atoms with van der Waals surface area (Å²) in [7, 11) is 0. The maximum Gasteiger partial charge on any atom is 0.373 e. The van der Waals surface area contributed by atoms with Crippen molar-refractivity contribution in [2.24, 2.45) is 0 Å². The fourth-order valence-corrected chi connectivity index (χ4v) is 2.34. The van der Waals surface area contributed by atoms with E-state index in [1.807, 2.05) is 24.3 Å². The maximum absolute atomic E-state index is 11.0. The Hall–Kier alpha value is -2.31. The highest BCUT2D eigenvalue weighted by Gasteiger charge is 2.21. The minimum atomic E-state index is -1.15. The second-order valence-electron chi connectivity index (χ2n) is 4.71. The van der Waals surface area contributed by atoms with Crippen molar-refractivity contribution in [3.05, 3.63) is 47.9 Å². The molecule has 3 rings (SSSR count). The summed E-state index contributed by atoms with van der Waals surface area (Å²) >= 11 is 0. The first-order valence-corrected chi connectivity index (χ1v) is 6.69. The number of hydrogen-bond acceptors (Lipinski definition) is 5. The zero-order chi connectivity index (χ0) is 14.7. The number of nitrogens with zero attached hydrogens (tertiary/aromatic N) is 2. The van der Waals surface area contributed by atoms with Gasteiger partial charge < -0.3 is 5.11 Å². The topological polar surface area (TPSA) is 81.5 Å². The van der Waals surface area contributed by atoms with E-state index in [4.69, 9.17) is 14.9 Å². The molecule has 0 spiro atoms. The molecule has 2 aromatic rings. The lowest BCUT2D eigenvalue weighted by molar-refractivity contribution is -0.347. The SMILES string of the molecule is O=C(O)c1nccc(-c2ccccc2C2CCCOO2)n1. The van der Waals surface area contributed by atoms with Crippen LogP contribution in [0, 0.1) is 0 Å². The summed E-state index contributed by atoms with van der Waals surface area (Å²) in [5, 5.41) is 9.00. The number of hydrogen-bond donors (Lipinski definition) is 1. The van der Waals surface area contributed by atoms with E-state index < -0.39 is 5.97 Å². The standard InChI is InChI=1S/C15H14N2O4/c18-15(19)14-16-8-7-12(17-14)10-4-1-2-5-11(10)13-6-3-9-20-21-13/h1-2,4-5,7-8,13H,3,6,9H2,(H,18,19). The minimum absolute atomic E-state index is 0.168. The first-order valence-electron chi connectivity index (χ1n) is 6.69. The van der Waals surface area contributed by atoms with Gasteiger partial charge in [-0.15, -0.1) is 0 Å². The second-order valence-corrected chi connectivity index (χ2v) is 4.71. The van der Waals surface area contributed by atoms with Crippen LogP contribution in [0.2, 0.25) is 0 Å². The number of carboxylic acids is 1. The molecule has 1 aliphatic rings. The summed E-state index contributed by atoms with van der Waals surface area (Å²) in [6.45, 7) is 0.593. The Morgan fingerprint density at radius 2 is 2.14 bits per heavy atom. The number of carboxylic acid groups (broad SMARTS) is 1. The molecule has 6 heteroatoms. The van der Waals surface area contributed by atoms with Gasteiger partial charge in [-0.1, -0.05) is 24.3 Å². The van der Waals surface area contributed by atoms with Crippen molar-refractivity contribution < 1.29 is 19.7 Å². The summed E-state index contributed by atoms with van der Waals surface area (Å²) in [6, 6.07) is 9.31. The van der Waals surface area contributed by atoms with Crippen molar-refractivity contribution >= 4 is 5.97 Å². The van der Waals surface area contributed by atoms with Gasteiger partial charge in [0.25, 0.3) is 0 Å². The molecule has 1 N–H and O–H groups in total. The summed E-state index contributed by atoms with van der Waals surface area (Å²) in [6.07, 6.45) is 3.05. The van der Waals surface area contributed by atoms with Crippen molar-refractivity contribution in [2.45, 2.75) is 18.9 Å². The number of carbonyl (C=O) groups is 1. The molecule has 0 radical (unpaired) electrons. The van der Waals surface area contributed by atoms with Gasteiger partial charge in [0.05, 0.1) is 12.3 Å². The molecule has 1 aliphatic heterocycles. The van der Waals surface area contributed by atoms with Crippen LogP contribution in [-0.2, 0) is 9.78 Å². The number of aromatic nitrogens is 2. The monoisotopic (exact) mass is 286 g/mol. The van der Waals surface area contributed by atoms with Gasteiger partial charge in [-0.2, -0.15) is 0 Å². The molecular formula is C15H14N2O4. The lowest BCUT2D eigenvalue weighted by Gasteiger charge is -2.23. The summed E-state index contributed by atoms with van der Waals surface area (Å²) in [4.78, 5) is 29.2. The Bertz CT molecular complexity index is 654. The molecule has 1 aromatic carbocycles. The van der Waals surface area contributed by atoms with Crippen molar-refractivity contribution in [2.75, 3.05) is 6.61 Å². The van der Waals surface area contributed by atoms with Crippen molar-refractivity contribution in [3.63, 3.8) is 0 Å². The van der Waals surface area contributed by atoms with E-state index in [0.29, 0.717) is 12.3 Å². The molecule has 2 heterocycles. The fourth-order valence-electron chi connectivity index (χ4n) is 2.34. The lowest BCUT2D eigenvalue weighted by atomic mass is 9.97. The van der Waals surface area contributed by atoms with Gasteiger partial charge in [0.1, 0.15) is 6.10 Å². The van der Waals surface area contributed by atoms with Gasteiger partial charge >= 0.3 is 5.97 Å². The van der Waals surface area contributed by atoms with E-state index in [9.17, 15) is 4.79 Å². The molecule has 6 nitrogen and oxygen atoms in total. The highest BCUT2D eigenvalue weighted by Crippen LogP contribution is 2.33. The van der Waals surface area contributed by atoms with Crippen molar-refractivity contribution in [1.82, 2.24) is 9.97 Å². The quantitative estimate of drug-likeness (QED) is 0.873. The third-order valence-electron chi connectivity index (χ3n) is 3.31. The smallest absolute Gasteiger partial charge is 0.373 e. The minimum Gasteiger partial charge on any atom is -0.475 e. The normalized spacial score (nSPS) is 18.4. The Morgan fingerprint density at radius 3 is 2.90 bits per heavy atom. The third-order valence-corrected chi connectivity index (χ3v) is 3.31. The van der Waals surface area contributed by atoms with Crippen LogP contribution in [0.4, 0.5) is 0 Å². The average molecular weight is 286 g/mol. The Labute approximate surface area is 121 Å². The molecule has 108 valence electrons. The number of rotatable bonds is 3. The first kappa shape index (κ1) is 13.7. The van der Waals surface area contributed by atoms with Crippen LogP contribution >= 0.6 is 0 Å². The molecule has 1 aromatic heterocycles. The van der Waals surface area contributed by atoms with Crippen LogP contribution in [0.5, 0.6) is 0 Å². The predicted molar refractivity (Wildman–Crippen MR) is 73.4 cm³/mol. The third kappa shape index (κ3) is 2.91. The molecule has 1 saturated heterocycles. The van der Waals surface area contributed by atoms with Gasteiger partial charge in [0, 0.05) is 11.8 Å². The molecule has 0 amide bonds. The van der Waals surface area contributed by atoms with E-state index in [2.05, 4.69) is 9.97 Å². The zero-order valence-electron chi connectivity index (χ0n) is 11.2. The molecule has 0 aliphatic carbocycles. The zero-order valence-corrected chi connectivity index (χ0v) is 11.2. The molecule has 1 atom stereocenters. The summed E-state index contributed by atoms with van der Waals surface area (Å²) in [5.74, 6) is -1.37. The molecule has 0 saturated carbocycles. The fraction of sp³-hybridized carbons (Fsp3) is 0.267. The molecule has 1 fully saturated rings. The molecule has 0 bridgehead atoms. The average Bonchev–Trinajstić information content (AvgIpc) is 2.56. The second kappa shape index (κ2) is 5.99. The molecular weight excluding hydrogens is 272 g/mol. The van der Waals surface area contributed by atoms with Crippen molar-refractivity contribution in [1.29, 1.82) is 0 Å². The van der Waals surface area contributed by atoms with E-state index in [0.717, 1.165) is 24.0 Å². The van der Waals surface area contributed by atoms with Crippen LogP contribution in [0.3, 0.4) is 0 Å². The molecule has 1 unspecified atom stereocenters. The highest BCUT2D eigenvalue weighted by molar-refractivity contribution is 5.83. The maximum atomic E-state index is 11.0. The van der Waals surface area contributed by atoms with Crippen molar-refractivity contribution in [3.8, 4) is 11.3 Å². The first-order chi connectivity index (χ1) is 10.3. The van der Waals surface area contributed by atoms with E-state index in [-0.39, 0.29) is 11.9 Å². The van der Waals surface area contributed by atoms with Crippen LogP contribution in [-0.4, -0.2) is 27.7 Å². The van der Waals surface area contributed by atoms with Gasteiger partial charge in [0.2, 0.25) is 5.82 Å². The summed E-state index contributed by atoms with van der Waals surface area (Å²) < 4.78 is 0. The van der Waals surface area contributed by atoms with Gasteiger partial charge in [-0.3, -0.25) is 0 Å². The van der Waals surface area contributed by atoms with Gasteiger partial charge in [-0.25, -0.2) is 24.5 Å². The Kier molecular flexibility index (Phi) is 3.89. The van der Waals surface area contributed by atoms with Crippen LogP contribution in [0.25, 0.3) is 11.3 Å². The Balaban J connectivity index is 2.02.